The first-order valence-electron chi connectivity index (χ1n) is 6.52. The van der Waals surface area contributed by atoms with Crippen LogP contribution in [0.4, 0.5) is 5.95 Å². The Bertz CT molecular complexity index is 577. The molecule has 1 aliphatic carbocycles. The molecule has 0 atom stereocenters. The van der Waals surface area contributed by atoms with E-state index in [0.717, 1.165) is 12.2 Å². The van der Waals surface area contributed by atoms with Gasteiger partial charge in [0.25, 0.3) is 0 Å². The van der Waals surface area contributed by atoms with Crippen LogP contribution in [0.2, 0.25) is 5.02 Å². The van der Waals surface area contributed by atoms with E-state index in [2.05, 4.69) is 21.7 Å². The summed E-state index contributed by atoms with van der Waals surface area (Å²) in [6.45, 7) is 0.929. The van der Waals surface area contributed by atoms with Gasteiger partial charge in [-0.2, -0.15) is 16.7 Å². The number of halogens is 1. The zero-order valence-corrected chi connectivity index (χ0v) is 12.5. The van der Waals surface area contributed by atoms with Gasteiger partial charge in [-0.3, -0.25) is 0 Å². The Hall–Kier alpha value is -0.940. The van der Waals surface area contributed by atoms with Crippen LogP contribution in [-0.2, 0) is 0 Å². The fourth-order valence-corrected chi connectivity index (χ4v) is 3.71. The molecule has 0 bridgehead atoms. The molecule has 0 amide bonds. The fraction of sp³-hybridized carbons (Fsp3) is 0.538. The Morgan fingerprint density at radius 3 is 2.95 bits per heavy atom. The highest BCUT2D eigenvalue weighted by atomic mass is 35.5. The van der Waals surface area contributed by atoms with Gasteiger partial charge < -0.3 is 5.32 Å². The van der Waals surface area contributed by atoms with Gasteiger partial charge in [0, 0.05) is 17.5 Å². The molecule has 0 radical (unpaired) electrons. The third-order valence-electron chi connectivity index (χ3n) is 3.81. The highest BCUT2D eigenvalue weighted by Gasteiger charge is 2.32. The summed E-state index contributed by atoms with van der Waals surface area (Å²) in [7, 11) is 0. The van der Waals surface area contributed by atoms with E-state index in [1.54, 1.807) is 10.7 Å². The summed E-state index contributed by atoms with van der Waals surface area (Å²) in [5.74, 6) is 0.683. The number of thioether (sulfide) groups is 1. The predicted octanol–water partition coefficient (Wildman–Crippen LogP) is 3.47. The first-order valence-corrected chi connectivity index (χ1v) is 8.12. The molecule has 1 saturated carbocycles. The number of hydrogen-bond donors (Lipinski definition) is 1. The molecule has 0 aromatic carbocycles. The van der Waals surface area contributed by atoms with Gasteiger partial charge in [-0.1, -0.05) is 24.4 Å². The number of aromatic nitrogens is 3. The first kappa shape index (κ1) is 13.1. The molecule has 2 aromatic rings. The first-order chi connectivity index (χ1) is 9.21. The van der Waals surface area contributed by atoms with Crippen molar-refractivity contribution in [1.29, 1.82) is 0 Å². The minimum absolute atomic E-state index is 0.356. The average Bonchev–Trinajstić information content (AvgIpc) is 3.02. The molecular formula is C13H17ClN4S. The van der Waals surface area contributed by atoms with Crippen LogP contribution in [0.3, 0.4) is 0 Å². The van der Waals surface area contributed by atoms with E-state index in [1.807, 2.05) is 23.9 Å². The van der Waals surface area contributed by atoms with Crippen molar-refractivity contribution in [2.75, 3.05) is 18.1 Å². The van der Waals surface area contributed by atoms with Crippen molar-refractivity contribution >= 4 is 35.0 Å². The minimum Gasteiger partial charge on any atom is -0.352 e. The zero-order chi connectivity index (χ0) is 13.3. The van der Waals surface area contributed by atoms with Crippen molar-refractivity contribution < 1.29 is 0 Å². The van der Waals surface area contributed by atoms with Crippen LogP contribution in [0.5, 0.6) is 0 Å². The molecule has 0 aliphatic heterocycles. The van der Waals surface area contributed by atoms with Crippen LogP contribution in [0.15, 0.2) is 18.3 Å². The molecule has 0 unspecified atom stereocenters. The number of fused-ring (bicyclic) bond motifs is 1. The predicted molar refractivity (Wildman–Crippen MR) is 81.2 cm³/mol. The van der Waals surface area contributed by atoms with Crippen LogP contribution in [0.1, 0.15) is 25.7 Å². The second-order valence-corrected chi connectivity index (χ2v) is 6.74. The molecule has 1 fully saturated rings. The molecule has 0 spiro atoms. The Morgan fingerprint density at radius 1 is 1.42 bits per heavy atom. The van der Waals surface area contributed by atoms with Gasteiger partial charge in [-0.25, -0.2) is 4.52 Å². The Kier molecular flexibility index (Phi) is 3.58. The van der Waals surface area contributed by atoms with Gasteiger partial charge in [0.05, 0.1) is 5.02 Å². The van der Waals surface area contributed by atoms with Gasteiger partial charge in [0.1, 0.15) is 0 Å². The lowest BCUT2D eigenvalue weighted by Gasteiger charge is -2.26. The fourth-order valence-electron chi connectivity index (χ4n) is 2.65. The van der Waals surface area contributed by atoms with Crippen molar-refractivity contribution in [2.45, 2.75) is 30.4 Å². The average molecular weight is 297 g/mol. The van der Waals surface area contributed by atoms with E-state index in [-0.39, 0.29) is 0 Å². The summed E-state index contributed by atoms with van der Waals surface area (Å²) < 4.78 is 2.07. The largest absolute Gasteiger partial charge is 0.352 e. The summed E-state index contributed by atoms with van der Waals surface area (Å²) in [6, 6.07) is 3.70. The van der Waals surface area contributed by atoms with Crippen molar-refractivity contribution in [3.05, 3.63) is 23.4 Å². The van der Waals surface area contributed by atoms with E-state index >= 15 is 0 Å². The van der Waals surface area contributed by atoms with Crippen LogP contribution in [0.25, 0.3) is 5.65 Å². The molecule has 2 aromatic heterocycles. The second-order valence-electron chi connectivity index (χ2n) is 5.03. The minimum atomic E-state index is 0.356. The number of pyridine rings is 1. The summed E-state index contributed by atoms with van der Waals surface area (Å²) >= 11 is 7.90. The Balaban J connectivity index is 1.74. The second kappa shape index (κ2) is 5.21. The number of anilines is 1. The van der Waals surface area contributed by atoms with Crippen LogP contribution in [-0.4, -0.2) is 32.1 Å². The molecule has 3 rings (SSSR count). The molecule has 1 aliphatic rings. The third-order valence-corrected chi connectivity index (χ3v) is 5.45. The van der Waals surface area contributed by atoms with Crippen LogP contribution < -0.4 is 5.32 Å². The van der Waals surface area contributed by atoms with Gasteiger partial charge in [-0.15, -0.1) is 5.10 Å². The number of nitrogens with zero attached hydrogens (tertiary/aromatic N) is 3. The van der Waals surface area contributed by atoms with E-state index in [0.29, 0.717) is 15.7 Å². The van der Waals surface area contributed by atoms with Crippen LogP contribution >= 0.6 is 23.4 Å². The molecule has 1 N–H and O–H groups in total. The third kappa shape index (κ3) is 2.67. The molecule has 6 heteroatoms. The number of nitrogens with one attached hydrogen (secondary N) is 1. The lowest BCUT2D eigenvalue weighted by Crippen LogP contribution is -2.30. The monoisotopic (exact) mass is 296 g/mol. The van der Waals surface area contributed by atoms with Gasteiger partial charge >= 0.3 is 0 Å². The van der Waals surface area contributed by atoms with Crippen molar-refractivity contribution in [3.63, 3.8) is 0 Å². The van der Waals surface area contributed by atoms with Crippen LogP contribution in [0, 0.1) is 0 Å². The number of rotatable bonds is 4. The van der Waals surface area contributed by atoms with E-state index in [1.165, 1.54) is 25.7 Å². The van der Waals surface area contributed by atoms with E-state index in [9.17, 15) is 0 Å². The smallest absolute Gasteiger partial charge is 0.243 e. The number of hydrogen-bond acceptors (Lipinski definition) is 4. The topological polar surface area (TPSA) is 42.2 Å². The lowest BCUT2D eigenvalue weighted by atomic mass is 10.1. The van der Waals surface area contributed by atoms with Crippen molar-refractivity contribution in [1.82, 2.24) is 14.6 Å². The van der Waals surface area contributed by atoms with Crippen molar-refractivity contribution in [3.8, 4) is 0 Å². The normalized spacial score (nSPS) is 18.0. The molecule has 19 heavy (non-hydrogen) atoms. The molecule has 2 heterocycles. The van der Waals surface area contributed by atoms with Gasteiger partial charge in [0.2, 0.25) is 5.95 Å². The van der Waals surface area contributed by atoms with Gasteiger partial charge in [0.15, 0.2) is 5.65 Å². The lowest BCUT2D eigenvalue weighted by molar-refractivity contribution is 0.637. The summed E-state index contributed by atoms with van der Waals surface area (Å²) in [5.41, 5.74) is 0.816. The summed E-state index contributed by atoms with van der Waals surface area (Å²) in [4.78, 5) is 4.45. The molecule has 0 saturated heterocycles. The van der Waals surface area contributed by atoms with E-state index in [4.69, 9.17) is 11.6 Å². The van der Waals surface area contributed by atoms with Crippen molar-refractivity contribution in [2.24, 2.45) is 0 Å². The Labute approximate surface area is 121 Å². The Morgan fingerprint density at radius 2 is 2.21 bits per heavy atom. The molecule has 4 nitrogen and oxygen atoms in total. The standard InChI is InChI=1S/C13H17ClN4S/c1-19-13(6-2-3-7-13)9-15-12-16-11-5-4-10(14)8-18(11)17-12/h4-5,8H,2-3,6-7,9H2,1H3,(H,15,17). The quantitative estimate of drug-likeness (QED) is 0.938. The summed E-state index contributed by atoms with van der Waals surface area (Å²) in [5, 5.41) is 8.45. The maximum Gasteiger partial charge on any atom is 0.243 e. The molecule has 102 valence electrons. The molecular weight excluding hydrogens is 280 g/mol. The maximum absolute atomic E-state index is 5.94. The van der Waals surface area contributed by atoms with E-state index < -0.39 is 0 Å². The SMILES string of the molecule is CSC1(CNc2nc3ccc(Cl)cn3n2)CCCC1. The zero-order valence-electron chi connectivity index (χ0n) is 10.9. The maximum atomic E-state index is 5.94. The summed E-state index contributed by atoms with van der Waals surface area (Å²) in [6.07, 6.45) is 9.19. The highest BCUT2D eigenvalue weighted by Crippen LogP contribution is 2.40. The van der Waals surface area contributed by atoms with Gasteiger partial charge in [-0.05, 0) is 31.2 Å². The highest BCUT2D eigenvalue weighted by molar-refractivity contribution is 8.00.